The third kappa shape index (κ3) is 8.09. The van der Waals surface area contributed by atoms with Crippen LogP contribution in [0.25, 0.3) is 0 Å². The van der Waals surface area contributed by atoms with E-state index in [0.29, 0.717) is 25.6 Å². The summed E-state index contributed by atoms with van der Waals surface area (Å²) < 4.78 is 5.22. The van der Waals surface area contributed by atoms with Gasteiger partial charge in [0.25, 0.3) is 5.97 Å². The number of esters is 1. The van der Waals surface area contributed by atoms with Crippen LogP contribution in [0.3, 0.4) is 0 Å². The molecule has 1 N–H and O–H groups in total. The van der Waals surface area contributed by atoms with Crippen molar-refractivity contribution in [1.29, 1.82) is 0 Å². The number of ether oxygens (including phenoxy) is 1. The average molecular weight is 421 g/mol. The maximum Gasteiger partial charge on any atom is 2.00 e. The molecule has 0 saturated carbocycles. The van der Waals surface area contributed by atoms with Crippen molar-refractivity contribution < 1.29 is 36.8 Å². The Labute approximate surface area is 177 Å². The molecule has 2 radical (unpaired) electrons. The van der Waals surface area contributed by atoms with Gasteiger partial charge in [-0.15, -0.1) is 6.26 Å². The average Bonchev–Trinajstić information content (AvgIpc) is 3.42. The molecule has 0 saturated heterocycles. The first-order valence-corrected chi connectivity index (χ1v) is 8.71. The summed E-state index contributed by atoms with van der Waals surface area (Å²) >= 11 is 0. The second-order valence-electron chi connectivity index (χ2n) is 5.69. The molecular weight excluding hydrogens is 398 g/mol. The molecular formula is C22H23FeNO4. The summed E-state index contributed by atoms with van der Waals surface area (Å²) in [4.78, 5) is 13.7. The number of anilines is 1. The molecule has 28 heavy (non-hydrogen) atoms. The van der Waals surface area contributed by atoms with Crippen LogP contribution >= 0.6 is 0 Å². The monoisotopic (exact) mass is 421 g/mol. The van der Waals surface area contributed by atoms with Crippen molar-refractivity contribution in [2.45, 2.75) is 0 Å². The van der Waals surface area contributed by atoms with Crippen molar-refractivity contribution in [1.82, 2.24) is 0 Å². The molecule has 0 amide bonds. The SMILES string of the molecule is O=C(OCCN(CCO)c1ccccc1)[C]1[CH]C=C[CH-]1.[Fe+2].[O-]C=C1C=CC=C1. The zero-order valence-corrected chi connectivity index (χ0v) is 16.5. The molecule has 0 atom stereocenters. The predicted molar refractivity (Wildman–Crippen MR) is 104 cm³/mol. The van der Waals surface area contributed by atoms with E-state index in [9.17, 15) is 9.90 Å². The molecule has 1 aromatic carbocycles. The van der Waals surface area contributed by atoms with E-state index in [4.69, 9.17) is 9.84 Å². The van der Waals surface area contributed by atoms with Crippen molar-refractivity contribution in [3.63, 3.8) is 0 Å². The Balaban J connectivity index is 0.000000414. The number of carbonyl (C=O) groups is 1. The first-order chi connectivity index (χ1) is 13.2. The molecule has 2 aliphatic carbocycles. The van der Waals surface area contributed by atoms with E-state index in [0.717, 1.165) is 17.5 Å². The normalized spacial score (nSPS) is 14.0. The number of nitrogens with zero attached hydrogens (tertiary/aromatic N) is 1. The van der Waals surface area contributed by atoms with E-state index in [1.807, 2.05) is 47.4 Å². The number of aliphatic hydroxyl groups is 1. The largest absolute Gasteiger partial charge is 2.00 e. The van der Waals surface area contributed by atoms with Crippen molar-refractivity contribution >= 4 is 11.7 Å². The van der Waals surface area contributed by atoms with Gasteiger partial charge in [0.05, 0.1) is 13.2 Å². The minimum atomic E-state index is -0.313. The molecule has 148 valence electrons. The predicted octanol–water partition coefficient (Wildman–Crippen LogP) is 1.94. The molecule has 1 aromatic rings. The summed E-state index contributed by atoms with van der Waals surface area (Å²) in [5.41, 5.74) is 1.76. The number of aliphatic hydroxyl groups excluding tert-OH is 1. The van der Waals surface area contributed by atoms with Crippen molar-refractivity contribution in [2.75, 3.05) is 31.2 Å². The fraction of sp³-hybridized carbons (Fsp3) is 0.182. The van der Waals surface area contributed by atoms with E-state index in [2.05, 4.69) is 0 Å². The Morgan fingerprint density at radius 2 is 1.86 bits per heavy atom. The van der Waals surface area contributed by atoms with E-state index in [-0.39, 0.29) is 29.6 Å². The quantitative estimate of drug-likeness (QED) is 0.315. The number of benzene rings is 1. The molecule has 0 unspecified atom stereocenters. The van der Waals surface area contributed by atoms with Gasteiger partial charge < -0.3 is 19.8 Å². The molecule has 2 aliphatic rings. The van der Waals surface area contributed by atoms with Gasteiger partial charge in [0.1, 0.15) is 6.61 Å². The van der Waals surface area contributed by atoms with Gasteiger partial charge in [0.15, 0.2) is 0 Å². The molecule has 5 nitrogen and oxygen atoms in total. The molecule has 0 aliphatic heterocycles. The number of hydrogen-bond donors (Lipinski definition) is 1. The third-order valence-electron chi connectivity index (χ3n) is 3.81. The van der Waals surface area contributed by atoms with Gasteiger partial charge in [0.2, 0.25) is 0 Å². The van der Waals surface area contributed by atoms with E-state index in [1.54, 1.807) is 37.1 Å². The summed E-state index contributed by atoms with van der Waals surface area (Å²) in [6.45, 7) is 1.42. The standard InChI is InChI=1S/C16H18NO3.C6H6O.Fe/c18-12-10-17(15-8-2-1-3-9-15)11-13-20-16(19)14-6-4-5-7-14;7-5-6-3-1-2-4-6;/h1-9,18H,10-13H2;1-5,7H;/q-1;;+2/p-1. The van der Waals surface area contributed by atoms with Crippen molar-refractivity contribution in [3.8, 4) is 0 Å². The van der Waals surface area contributed by atoms with Crippen LogP contribution in [0.15, 0.2) is 78.6 Å². The smallest absolute Gasteiger partial charge is 0.877 e. The third-order valence-corrected chi connectivity index (χ3v) is 3.81. The fourth-order valence-electron chi connectivity index (χ4n) is 2.44. The number of hydrogen-bond acceptors (Lipinski definition) is 5. The maximum atomic E-state index is 11.7. The zero-order chi connectivity index (χ0) is 19.3. The van der Waals surface area contributed by atoms with Gasteiger partial charge >= 0.3 is 17.1 Å². The Morgan fingerprint density at radius 1 is 1.14 bits per heavy atom. The Hall–Kier alpha value is -2.40. The van der Waals surface area contributed by atoms with Crippen LogP contribution in [0.4, 0.5) is 5.69 Å². The Kier molecular flexibility index (Phi) is 11.6. The summed E-state index contributed by atoms with van der Waals surface area (Å²) in [5.74, 6) is 0.255. The molecule has 0 heterocycles. The van der Waals surface area contributed by atoms with Gasteiger partial charge in [-0.2, -0.15) is 0 Å². The summed E-state index contributed by atoms with van der Waals surface area (Å²) in [5, 5.41) is 19.0. The van der Waals surface area contributed by atoms with Crippen LogP contribution in [0.2, 0.25) is 0 Å². The van der Waals surface area contributed by atoms with E-state index in [1.165, 1.54) is 0 Å². The van der Waals surface area contributed by atoms with E-state index < -0.39 is 0 Å². The zero-order valence-electron chi connectivity index (χ0n) is 15.4. The molecule has 0 bridgehead atoms. The fourth-order valence-corrected chi connectivity index (χ4v) is 2.44. The minimum absolute atomic E-state index is 0. The van der Waals surface area contributed by atoms with Crippen LogP contribution in [0.5, 0.6) is 0 Å². The first kappa shape index (κ1) is 23.6. The topological polar surface area (TPSA) is 72.8 Å². The van der Waals surface area contributed by atoms with Gasteiger partial charge in [-0.3, -0.25) is 4.79 Å². The molecule has 0 spiro atoms. The Bertz CT molecular complexity index is 676. The van der Waals surface area contributed by atoms with Gasteiger partial charge in [-0.25, -0.2) is 18.6 Å². The van der Waals surface area contributed by atoms with Crippen LogP contribution in [-0.2, 0) is 26.6 Å². The molecule has 0 fully saturated rings. The number of carbonyl (C=O) groups excluding carboxylic acids is 1. The second kappa shape index (κ2) is 13.7. The molecule has 0 aromatic heterocycles. The Morgan fingerprint density at radius 3 is 2.39 bits per heavy atom. The number of para-hydroxylation sites is 1. The molecule has 6 heteroatoms. The minimum Gasteiger partial charge on any atom is -0.877 e. The van der Waals surface area contributed by atoms with E-state index >= 15 is 0 Å². The number of allylic oxidation sites excluding steroid dienone is 7. The van der Waals surface area contributed by atoms with Gasteiger partial charge in [-0.05, 0) is 17.7 Å². The van der Waals surface area contributed by atoms with Crippen LogP contribution in [0.1, 0.15) is 0 Å². The van der Waals surface area contributed by atoms with Crippen LogP contribution in [-0.4, -0.2) is 37.4 Å². The maximum absolute atomic E-state index is 11.7. The van der Waals surface area contributed by atoms with Crippen molar-refractivity contribution in [3.05, 3.63) is 97.4 Å². The van der Waals surface area contributed by atoms with Crippen molar-refractivity contribution in [2.24, 2.45) is 0 Å². The van der Waals surface area contributed by atoms with Gasteiger partial charge in [-0.1, -0.05) is 48.9 Å². The summed E-state index contributed by atoms with van der Waals surface area (Å²) in [7, 11) is 0. The van der Waals surface area contributed by atoms with Crippen LogP contribution in [0, 0.1) is 18.8 Å². The van der Waals surface area contributed by atoms with Crippen LogP contribution < -0.4 is 10.0 Å². The summed E-state index contributed by atoms with van der Waals surface area (Å²) in [6, 6.07) is 9.75. The second-order valence-corrected chi connectivity index (χ2v) is 5.69. The molecule has 3 rings (SSSR count). The first-order valence-electron chi connectivity index (χ1n) is 8.71. The van der Waals surface area contributed by atoms with Gasteiger partial charge in [0, 0.05) is 18.2 Å². The number of rotatable bonds is 7. The summed E-state index contributed by atoms with van der Waals surface area (Å²) in [6.07, 6.45) is 15.1.